The Morgan fingerprint density at radius 2 is 2.10 bits per heavy atom. The van der Waals surface area contributed by atoms with Crippen LogP contribution < -0.4 is 5.73 Å². The Bertz CT molecular complexity index is 661. The van der Waals surface area contributed by atoms with Crippen molar-refractivity contribution in [3.05, 3.63) is 23.2 Å². The normalized spacial score (nSPS) is 19.7. The summed E-state index contributed by atoms with van der Waals surface area (Å²) in [5.74, 6) is -0.210. The molecule has 2 rings (SSSR count). The van der Waals surface area contributed by atoms with Gasteiger partial charge in [-0.1, -0.05) is 11.6 Å². The van der Waals surface area contributed by atoms with Crippen LogP contribution >= 0.6 is 11.6 Å². The van der Waals surface area contributed by atoms with Crippen LogP contribution in [0.15, 0.2) is 23.1 Å². The van der Waals surface area contributed by atoms with Crippen LogP contribution in [0.4, 0.5) is 5.69 Å². The van der Waals surface area contributed by atoms with Gasteiger partial charge < -0.3 is 10.6 Å². The van der Waals surface area contributed by atoms with Gasteiger partial charge in [0.2, 0.25) is 15.9 Å². The van der Waals surface area contributed by atoms with Crippen molar-refractivity contribution in [2.45, 2.75) is 23.8 Å². The van der Waals surface area contributed by atoms with Gasteiger partial charge >= 0.3 is 0 Å². The van der Waals surface area contributed by atoms with E-state index in [0.717, 1.165) is 0 Å². The third kappa shape index (κ3) is 3.00. The Balaban J connectivity index is 2.38. The van der Waals surface area contributed by atoms with Crippen LogP contribution in [0.3, 0.4) is 0 Å². The maximum Gasteiger partial charge on any atom is 0.243 e. The van der Waals surface area contributed by atoms with Crippen molar-refractivity contribution < 1.29 is 13.2 Å². The Labute approximate surface area is 129 Å². The first-order valence-corrected chi connectivity index (χ1v) is 8.35. The summed E-state index contributed by atoms with van der Waals surface area (Å²) in [6.07, 6.45) is 1.19. The predicted octanol–water partition coefficient (Wildman–Crippen LogP) is 1.16. The van der Waals surface area contributed by atoms with Crippen LogP contribution in [0.25, 0.3) is 0 Å². The number of nitrogens with zero attached hydrogens (tertiary/aromatic N) is 2. The molecule has 0 radical (unpaired) electrons. The van der Waals surface area contributed by atoms with Gasteiger partial charge in [-0.05, 0) is 31.0 Å². The van der Waals surface area contributed by atoms with E-state index in [1.165, 1.54) is 27.4 Å². The highest BCUT2D eigenvalue weighted by Crippen LogP contribution is 2.29. The second-order valence-corrected chi connectivity index (χ2v) is 7.49. The molecule has 0 spiro atoms. The van der Waals surface area contributed by atoms with E-state index in [2.05, 4.69) is 0 Å². The molecular weight excluding hydrogens is 314 g/mol. The number of carbonyl (C=O) groups excluding carboxylic acids is 1. The van der Waals surface area contributed by atoms with Gasteiger partial charge in [-0.2, -0.15) is 4.31 Å². The van der Waals surface area contributed by atoms with Crippen molar-refractivity contribution in [1.82, 2.24) is 9.21 Å². The fourth-order valence-corrected chi connectivity index (χ4v) is 4.19. The highest BCUT2D eigenvalue weighted by atomic mass is 35.5. The molecule has 1 heterocycles. The number of hydrogen-bond acceptors (Lipinski definition) is 4. The Kier molecular flexibility index (Phi) is 4.46. The fraction of sp³-hybridized carbons (Fsp3) is 0.462. The fourth-order valence-electron chi connectivity index (χ4n) is 2.39. The first-order valence-electron chi connectivity index (χ1n) is 6.53. The number of sulfonamides is 1. The summed E-state index contributed by atoms with van der Waals surface area (Å²) in [5.41, 5.74) is 5.87. The highest BCUT2D eigenvalue weighted by molar-refractivity contribution is 7.89. The number of nitrogens with two attached hydrogens (primary N) is 1. The van der Waals surface area contributed by atoms with Crippen LogP contribution in [0.2, 0.25) is 5.02 Å². The zero-order valence-corrected chi connectivity index (χ0v) is 13.5. The number of rotatable bonds is 3. The summed E-state index contributed by atoms with van der Waals surface area (Å²) >= 11 is 5.82. The summed E-state index contributed by atoms with van der Waals surface area (Å²) in [5, 5.41) is 0.302. The van der Waals surface area contributed by atoms with E-state index in [4.69, 9.17) is 17.3 Å². The molecule has 0 aromatic heterocycles. The molecule has 1 unspecified atom stereocenters. The molecule has 1 aromatic carbocycles. The molecule has 1 saturated heterocycles. The van der Waals surface area contributed by atoms with Crippen LogP contribution in [0.5, 0.6) is 0 Å². The predicted molar refractivity (Wildman–Crippen MR) is 81.5 cm³/mol. The van der Waals surface area contributed by atoms with Crippen LogP contribution in [0.1, 0.15) is 12.8 Å². The lowest BCUT2D eigenvalue weighted by Gasteiger charge is -2.25. The number of benzene rings is 1. The molecule has 2 N–H and O–H groups in total. The molecule has 1 atom stereocenters. The van der Waals surface area contributed by atoms with Crippen molar-refractivity contribution >= 4 is 33.2 Å². The Morgan fingerprint density at radius 1 is 1.43 bits per heavy atom. The molecule has 0 bridgehead atoms. The van der Waals surface area contributed by atoms with Gasteiger partial charge in [-0.25, -0.2) is 8.42 Å². The molecule has 1 amide bonds. The Morgan fingerprint density at radius 3 is 2.67 bits per heavy atom. The van der Waals surface area contributed by atoms with Crippen molar-refractivity contribution in [3.63, 3.8) is 0 Å². The van der Waals surface area contributed by atoms with Crippen molar-refractivity contribution in [3.8, 4) is 0 Å². The lowest BCUT2D eigenvalue weighted by molar-refractivity contribution is -0.132. The maximum absolute atomic E-state index is 12.7. The third-order valence-electron chi connectivity index (χ3n) is 3.50. The van der Waals surface area contributed by atoms with Crippen LogP contribution in [0, 0.1) is 0 Å². The van der Waals surface area contributed by atoms with E-state index in [9.17, 15) is 13.2 Å². The van der Waals surface area contributed by atoms with Gasteiger partial charge in [0.1, 0.15) is 6.04 Å². The van der Waals surface area contributed by atoms with E-state index < -0.39 is 16.1 Å². The molecule has 1 aliphatic heterocycles. The minimum atomic E-state index is -3.76. The van der Waals surface area contributed by atoms with E-state index in [1.54, 1.807) is 14.1 Å². The second kappa shape index (κ2) is 5.82. The SMILES string of the molecule is CN(C)C(=O)C1CCCN1S(=O)(=O)c1ccc(Cl)c(N)c1. The number of nitrogen functional groups attached to an aromatic ring is 1. The summed E-state index contributed by atoms with van der Waals surface area (Å²) in [6.45, 7) is 0.328. The number of likely N-dealkylation sites (N-methyl/N-ethyl adjacent to an activating group) is 1. The average molecular weight is 332 g/mol. The van der Waals surface area contributed by atoms with E-state index in [1.807, 2.05) is 0 Å². The third-order valence-corrected chi connectivity index (χ3v) is 5.75. The van der Waals surface area contributed by atoms with Gasteiger partial charge in [0.15, 0.2) is 0 Å². The first kappa shape index (κ1) is 16.1. The minimum absolute atomic E-state index is 0.0582. The van der Waals surface area contributed by atoms with Crippen LogP contribution in [-0.4, -0.2) is 50.2 Å². The van der Waals surface area contributed by atoms with Gasteiger partial charge in [0, 0.05) is 20.6 Å². The topological polar surface area (TPSA) is 83.7 Å². The highest BCUT2D eigenvalue weighted by Gasteiger charge is 2.40. The number of carbonyl (C=O) groups is 1. The van der Waals surface area contributed by atoms with E-state index in [-0.39, 0.29) is 16.5 Å². The van der Waals surface area contributed by atoms with E-state index >= 15 is 0 Å². The lowest BCUT2D eigenvalue weighted by atomic mass is 10.2. The smallest absolute Gasteiger partial charge is 0.243 e. The molecule has 21 heavy (non-hydrogen) atoms. The maximum atomic E-state index is 12.7. The number of amides is 1. The van der Waals surface area contributed by atoms with Gasteiger partial charge in [0.25, 0.3) is 0 Å². The molecule has 116 valence electrons. The summed E-state index contributed by atoms with van der Waals surface area (Å²) in [7, 11) is -0.525. The van der Waals surface area contributed by atoms with Crippen molar-refractivity contribution in [2.75, 3.05) is 26.4 Å². The minimum Gasteiger partial charge on any atom is -0.397 e. The summed E-state index contributed by atoms with van der Waals surface area (Å²) in [6, 6.07) is 3.53. The lowest BCUT2D eigenvalue weighted by Crippen LogP contribution is -2.45. The number of hydrogen-bond donors (Lipinski definition) is 1. The van der Waals surface area contributed by atoms with Crippen LogP contribution in [-0.2, 0) is 14.8 Å². The van der Waals surface area contributed by atoms with E-state index in [0.29, 0.717) is 24.4 Å². The number of halogens is 1. The molecule has 1 aromatic rings. The standard InChI is InChI=1S/C13H18ClN3O3S/c1-16(2)13(18)12-4-3-7-17(12)21(19,20)9-5-6-10(14)11(15)8-9/h5-6,8,12H,3-4,7,15H2,1-2H3. The van der Waals surface area contributed by atoms with Crippen molar-refractivity contribution in [1.29, 1.82) is 0 Å². The van der Waals surface area contributed by atoms with Crippen molar-refractivity contribution in [2.24, 2.45) is 0 Å². The first-order chi connectivity index (χ1) is 9.75. The zero-order valence-electron chi connectivity index (χ0n) is 11.9. The molecule has 8 heteroatoms. The summed E-state index contributed by atoms with van der Waals surface area (Å²) in [4.78, 5) is 13.6. The zero-order chi connectivity index (χ0) is 15.8. The molecule has 0 aliphatic carbocycles. The van der Waals surface area contributed by atoms with Gasteiger partial charge in [-0.3, -0.25) is 4.79 Å². The average Bonchev–Trinajstić information content (AvgIpc) is 2.90. The monoisotopic (exact) mass is 331 g/mol. The molecule has 1 fully saturated rings. The molecule has 6 nitrogen and oxygen atoms in total. The Hall–Kier alpha value is -1.31. The quantitative estimate of drug-likeness (QED) is 0.842. The van der Waals surface area contributed by atoms with Gasteiger partial charge in [0.05, 0.1) is 15.6 Å². The molecule has 1 aliphatic rings. The number of anilines is 1. The van der Waals surface area contributed by atoms with Gasteiger partial charge in [-0.15, -0.1) is 0 Å². The largest absolute Gasteiger partial charge is 0.397 e. The molecular formula is C13H18ClN3O3S. The summed E-state index contributed by atoms with van der Waals surface area (Å²) < 4.78 is 26.6. The molecule has 0 saturated carbocycles. The second-order valence-electron chi connectivity index (χ2n) is 5.19.